The van der Waals surface area contributed by atoms with E-state index in [2.05, 4.69) is 0 Å². The standard InChI is InChI=1S/C22H25ClO5.C9H11NO2/c23-17-8-7-15(22-21(27)20(26)19(25)18(11-24)28-22)10-16(17)9-12-1-3-13(4-2-12)14-5-6-14;10-8(9(11)12)6-7-4-2-1-3-5-7/h1-4,7-8,10,14,18-22,24-27H,5-6,9,11H2;1-5,8H,6,10H2,(H,11,12)/t18-,19-,20+,21-,22+;8-/m10/s1/i9D2;. The van der Waals surface area contributed by atoms with E-state index in [9.17, 15) is 25.2 Å². The molecule has 7 N–H and O–H groups in total. The molecule has 0 spiro atoms. The molecule has 0 unspecified atom stereocenters. The number of hydrogen-bond donors (Lipinski definition) is 6. The first kappa shape index (κ1) is 27.4. The summed E-state index contributed by atoms with van der Waals surface area (Å²) in [5.74, 6) is -0.387. The molecule has 2 fully saturated rings. The first-order valence-electron chi connectivity index (χ1n) is 14.2. The summed E-state index contributed by atoms with van der Waals surface area (Å²) in [7, 11) is 0. The number of nitrogens with two attached hydrogens (primary N) is 1. The molecule has 5 rings (SSSR count). The zero-order chi connectivity index (χ0) is 30.6. The second-order valence-corrected chi connectivity index (χ2v) is 10.6. The number of benzene rings is 3. The van der Waals surface area contributed by atoms with Crippen molar-refractivity contribution >= 4 is 17.6 Å². The molecule has 1 aliphatic carbocycles. The highest BCUT2D eigenvalue weighted by Crippen LogP contribution is 2.40. The number of hydrogen-bond acceptors (Lipinski definition) is 7. The molecular weight excluding hydrogens is 534 g/mol. The largest absolute Gasteiger partial charge is 0.480 e. The van der Waals surface area contributed by atoms with E-state index in [1.165, 1.54) is 30.5 Å². The number of aliphatic carboxylic acids is 1. The Morgan fingerprint density at radius 3 is 2.20 bits per heavy atom. The first-order chi connectivity index (χ1) is 19.9. The fraction of sp³-hybridized carbons (Fsp3) is 0.387. The molecule has 6 atom stereocenters. The van der Waals surface area contributed by atoms with Gasteiger partial charge in [-0.25, -0.2) is 0 Å². The van der Waals surface area contributed by atoms with Crippen molar-refractivity contribution in [2.24, 2.45) is 5.73 Å². The predicted octanol–water partition coefficient (Wildman–Crippen LogP) is 2.96. The van der Waals surface area contributed by atoms with Crippen molar-refractivity contribution in [3.8, 4) is 0 Å². The summed E-state index contributed by atoms with van der Waals surface area (Å²) in [5.41, 5.74) is 8.56. The van der Waals surface area contributed by atoms with E-state index in [0.717, 1.165) is 5.56 Å². The Bertz CT molecular complexity index is 1340. The molecule has 9 heteroatoms. The lowest BCUT2D eigenvalue weighted by atomic mass is 9.90. The summed E-state index contributed by atoms with van der Waals surface area (Å²) in [6.07, 6.45) is -5.68. The van der Waals surface area contributed by atoms with Crippen molar-refractivity contribution in [2.75, 3.05) is 6.61 Å². The summed E-state index contributed by atoms with van der Waals surface area (Å²) < 4.78 is 23.0. The number of halogens is 1. The second kappa shape index (κ2) is 13.7. The monoisotopic (exact) mass is 571 g/mol. The van der Waals surface area contributed by atoms with Crippen molar-refractivity contribution < 1.29 is 37.8 Å². The molecule has 3 aromatic carbocycles. The number of aliphatic hydroxyl groups excluding tert-OH is 4. The average Bonchev–Trinajstić information content (AvgIpc) is 3.83. The maximum Gasteiger partial charge on any atom is 0.320 e. The highest BCUT2D eigenvalue weighted by atomic mass is 35.5. The van der Waals surface area contributed by atoms with E-state index in [1.807, 2.05) is 42.5 Å². The predicted molar refractivity (Wildman–Crippen MR) is 151 cm³/mol. The van der Waals surface area contributed by atoms with Crippen molar-refractivity contribution in [3.63, 3.8) is 0 Å². The van der Waals surface area contributed by atoms with Gasteiger partial charge in [-0.15, -0.1) is 0 Å². The molecule has 0 aromatic heterocycles. The highest BCUT2D eigenvalue weighted by Gasteiger charge is 2.44. The van der Waals surface area contributed by atoms with Crippen LogP contribution in [0.1, 0.15) is 55.4 Å². The summed E-state index contributed by atoms with van der Waals surface area (Å²) in [6, 6.07) is 20.6. The number of carboxylic acids is 1. The van der Waals surface area contributed by atoms with Gasteiger partial charge in [-0.1, -0.05) is 78.3 Å². The zero-order valence-electron chi connectivity index (χ0n) is 23.8. The minimum absolute atomic E-state index is 0.206. The topological polar surface area (TPSA) is 153 Å². The van der Waals surface area contributed by atoms with Crippen LogP contribution in [0.4, 0.5) is 0 Å². The fourth-order valence-electron chi connectivity index (χ4n) is 4.56. The molecule has 214 valence electrons. The molecule has 1 saturated heterocycles. The second-order valence-electron chi connectivity index (χ2n) is 10.1. The quantitative estimate of drug-likeness (QED) is 0.241. The van der Waals surface area contributed by atoms with Gasteiger partial charge in [0.25, 0.3) is 0 Å². The Kier molecular flexibility index (Phi) is 9.37. The Balaban J connectivity index is 0.000000283. The normalized spacial score (nSPS) is 26.1. The van der Waals surface area contributed by atoms with Crippen molar-refractivity contribution in [2.45, 2.75) is 68.1 Å². The van der Waals surface area contributed by atoms with Crippen LogP contribution in [0.2, 0.25) is 5.02 Å². The molecule has 3 aromatic rings. The molecular formula is C31H36ClNO7. The van der Waals surface area contributed by atoms with Gasteiger partial charge in [0.15, 0.2) is 0 Å². The van der Waals surface area contributed by atoms with E-state index in [1.54, 1.807) is 18.2 Å². The van der Waals surface area contributed by atoms with Gasteiger partial charge in [0, 0.05) is 7.76 Å². The average molecular weight is 572 g/mol. The number of rotatable bonds is 8. The van der Waals surface area contributed by atoms with Crippen LogP contribution in [0.3, 0.4) is 0 Å². The Hall–Kier alpha value is -2.82. The molecule has 1 saturated carbocycles. The van der Waals surface area contributed by atoms with E-state index >= 15 is 0 Å². The van der Waals surface area contributed by atoms with Crippen LogP contribution < -0.4 is 5.73 Å². The van der Waals surface area contributed by atoms with Gasteiger partial charge >= 0.3 is 5.97 Å². The third-order valence-corrected chi connectivity index (χ3v) is 7.39. The minimum Gasteiger partial charge on any atom is -0.480 e. The number of aliphatic hydroxyl groups is 4. The first-order valence-corrected chi connectivity index (χ1v) is 13.5. The number of carboxylic acid groups (broad SMARTS) is 1. The Morgan fingerprint density at radius 2 is 1.60 bits per heavy atom. The summed E-state index contributed by atoms with van der Waals surface area (Å²) in [4.78, 5) is 10.4. The van der Waals surface area contributed by atoms with Crippen LogP contribution in [-0.4, -0.2) is 68.6 Å². The number of carbonyl (C=O) groups is 1. The van der Waals surface area contributed by atoms with E-state index in [4.69, 9.17) is 29.9 Å². The van der Waals surface area contributed by atoms with Gasteiger partial charge in [0.1, 0.15) is 36.6 Å². The smallest absolute Gasteiger partial charge is 0.320 e. The van der Waals surface area contributed by atoms with E-state index in [0.29, 0.717) is 23.5 Å². The van der Waals surface area contributed by atoms with Gasteiger partial charge in [-0.05, 0) is 65.4 Å². The van der Waals surface area contributed by atoms with Gasteiger partial charge in [0.05, 0.1) is 6.61 Å². The van der Waals surface area contributed by atoms with Gasteiger partial charge < -0.3 is 36.0 Å². The lowest BCUT2D eigenvalue weighted by Gasteiger charge is -2.40. The molecule has 0 radical (unpaired) electrons. The van der Waals surface area contributed by atoms with Crippen molar-refractivity contribution in [1.29, 1.82) is 0 Å². The van der Waals surface area contributed by atoms with E-state index < -0.39 is 55.5 Å². The Labute approximate surface area is 241 Å². The van der Waals surface area contributed by atoms with Crippen LogP contribution in [0, 0.1) is 0 Å². The zero-order valence-corrected chi connectivity index (χ0v) is 22.6. The maximum atomic E-state index is 10.4. The molecule has 0 amide bonds. The van der Waals surface area contributed by atoms with Crippen LogP contribution >= 0.6 is 11.6 Å². The van der Waals surface area contributed by atoms with Crippen LogP contribution in [0.25, 0.3) is 0 Å². The summed E-state index contributed by atoms with van der Waals surface area (Å²) in [5, 5.41) is 48.6. The lowest BCUT2D eigenvalue weighted by molar-refractivity contribution is -0.231. The Morgan fingerprint density at radius 1 is 0.950 bits per heavy atom. The summed E-state index contributed by atoms with van der Waals surface area (Å²) in [6.45, 7) is -0.532. The third kappa shape index (κ3) is 7.67. The third-order valence-electron chi connectivity index (χ3n) is 7.07. The van der Waals surface area contributed by atoms with E-state index in [-0.39, 0.29) is 10.6 Å². The summed E-state index contributed by atoms with van der Waals surface area (Å²) >= 11 is 6.33. The minimum atomic E-state index is -1.90. The van der Waals surface area contributed by atoms with Gasteiger partial charge in [-0.3, -0.25) is 4.79 Å². The van der Waals surface area contributed by atoms with Gasteiger partial charge in [0.2, 0.25) is 0 Å². The van der Waals surface area contributed by atoms with Crippen LogP contribution in [0.5, 0.6) is 0 Å². The molecule has 40 heavy (non-hydrogen) atoms. The molecule has 0 bridgehead atoms. The fourth-order valence-corrected chi connectivity index (χ4v) is 4.72. The van der Waals surface area contributed by atoms with Crippen molar-refractivity contribution in [3.05, 3.63) is 106 Å². The SMILES string of the molecule is N[C@@H](Cc1ccccc1)C(=O)O.[2H]C([2H])(c1ccc(C2CC2)cc1)c1cc([C@@H]2O[C@H](CO)[C@@H](O)[C@H](O)[C@H]2O)ccc1Cl. The molecule has 1 aliphatic heterocycles. The lowest BCUT2D eigenvalue weighted by Crippen LogP contribution is -2.55. The van der Waals surface area contributed by atoms with Crippen LogP contribution in [-0.2, 0) is 22.3 Å². The van der Waals surface area contributed by atoms with Crippen molar-refractivity contribution in [1.82, 2.24) is 0 Å². The molecule has 1 heterocycles. The molecule has 8 nitrogen and oxygen atoms in total. The van der Waals surface area contributed by atoms with Crippen LogP contribution in [0.15, 0.2) is 72.8 Å². The highest BCUT2D eigenvalue weighted by molar-refractivity contribution is 6.31. The maximum absolute atomic E-state index is 10.4. The van der Waals surface area contributed by atoms with Gasteiger partial charge in [-0.2, -0.15) is 0 Å². The molecule has 2 aliphatic rings. The number of ether oxygens (including phenoxy) is 1.